The molecule has 0 aliphatic rings. The predicted octanol–water partition coefficient (Wildman–Crippen LogP) is 4.96. The molecule has 28 heavy (non-hydrogen) atoms. The molecular weight excluding hydrogens is 350 g/mol. The molecule has 1 heterocycles. The normalized spacial score (nSPS) is 10.3. The largest absolute Gasteiger partial charge is 0.493 e. The summed E-state index contributed by atoms with van der Waals surface area (Å²) in [5.74, 6) is 1.33. The van der Waals surface area contributed by atoms with Crippen LogP contribution in [-0.4, -0.2) is 17.4 Å². The second-order valence-corrected chi connectivity index (χ2v) is 6.36. The van der Waals surface area contributed by atoms with Crippen molar-refractivity contribution in [3.05, 3.63) is 102 Å². The molecule has 0 spiro atoms. The fourth-order valence-corrected chi connectivity index (χ4v) is 2.94. The predicted molar refractivity (Wildman–Crippen MR) is 110 cm³/mol. The molecule has 0 aliphatic carbocycles. The van der Waals surface area contributed by atoms with Crippen LogP contribution in [0.5, 0.6) is 11.5 Å². The summed E-state index contributed by atoms with van der Waals surface area (Å²) >= 11 is 0. The highest BCUT2D eigenvalue weighted by molar-refractivity contribution is 6.06. The first-order valence-electron chi connectivity index (χ1n) is 9.18. The van der Waals surface area contributed by atoms with Crippen LogP contribution in [0.1, 0.15) is 27.2 Å². The Morgan fingerprint density at radius 1 is 1.04 bits per heavy atom. The summed E-state index contributed by atoms with van der Waals surface area (Å²) in [5, 5.41) is 0. The topological polar surface area (TPSA) is 48.4 Å². The molecule has 0 saturated carbocycles. The highest BCUT2D eigenvalue weighted by Crippen LogP contribution is 2.22. The highest BCUT2D eigenvalue weighted by atomic mass is 16.5. The van der Waals surface area contributed by atoms with Gasteiger partial charge in [-0.1, -0.05) is 36.9 Å². The number of carbonyl (C=O) groups excluding carboxylic acids is 1. The molecule has 4 heteroatoms. The second-order valence-electron chi connectivity index (χ2n) is 6.36. The van der Waals surface area contributed by atoms with E-state index >= 15 is 0 Å². The van der Waals surface area contributed by atoms with Crippen LogP contribution in [-0.2, 0) is 13.0 Å². The standard InChI is InChI=1S/C24H23NO3/c1-3-23(26)24-18(2)8-6-9-19(24)17-28-22-12-7-11-21(16-22)27-15-13-20-10-4-5-14-25-20/h3-12,14,16H,1,13,15,17H2,2H3. The minimum Gasteiger partial charge on any atom is -0.493 e. The van der Waals surface area contributed by atoms with Gasteiger partial charge in [-0.2, -0.15) is 0 Å². The van der Waals surface area contributed by atoms with Crippen molar-refractivity contribution in [2.75, 3.05) is 6.61 Å². The van der Waals surface area contributed by atoms with Crippen LogP contribution in [0.25, 0.3) is 0 Å². The number of nitrogens with zero attached hydrogens (tertiary/aromatic N) is 1. The molecule has 2 aromatic carbocycles. The molecule has 1 aromatic heterocycles. The molecule has 3 aromatic rings. The summed E-state index contributed by atoms with van der Waals surface area (Å²) in [6.45, 7) is 6.34. The van der Waals surface area contributed by atoms with E-state index in [1.54, 1.807) is 6.20 Å². The monoisotopic (exact) mass is 373 g/mol. The Balaban J connectivity index is 1.62. The van der Waals surface area contributed by atoms with Gasteiger partial charge in [0, 0.05) is 35.5 Å². The van der Waals surface area contributed by atoms with Gasteiger partial charge < -0.3 is 9.47 Å². The lowest BCUT2D eigenvalue weighted by atomic mass is 9.98. The van der Waals surface area contributed by atoms with Crippen LogP contribution in [0.2, 0.25) is 0 Å². The number of aryl methyl sites for hydroxylation is 1. The Bertz CT molecular complexity index is 951. The Hall–Kier alpha value is -3.40. The lowest BCUT2D eigenvalue weighted by Gasteiger charge is -2.13. The van der Waals surface area contributed by atoms with Crippen LogP contribution in [0, 0.1) is 6.92 Å². The minimum atomic E-state index is -0.0942. The van der Waals surface area contributed by atoms with Gasteiger partial charge in [0.1, 0.15) is 18.1 Å². The molecule has 0 fully saturated rings. The molecule has 0 aliphatic heterocycles. The molecule has 142 valence electrons. The van der Waals surface area contributed by atoms with Gasteiger partial charge in [0.25, 0.3) is 0 Å². The Morgan fingerprint density at radius 2 is 1.82 bits per heavy atom. The van der Waals surface area contributed by atoms with Crippen molar-refractivity contribution in [1.82, 2.24) is 4.98 Å². The molecule has 0 radical (unpaired) electrons. The van der Waals surface area contributed by atoms with E-state index in [1.807, 2.05) is 67.6 Å². The molecule has 4 nitrogen and oxygen atoms in total. The van der Waals surface area contributed by atoms with E-state index in [1.165, 1.54) is 6.08 Å². The number of benzene rings is 2. The molecule has 0 amide bonds. The van der Waals surface area contributed by atoms with E-state index in [0.29, 0.717) is 24.5 Å². The number of pyridine rings is 1. The Labute approximate surface area is 165 Å². The highest BCUT2D eigenvalue weighted by Gasteiger charge is 2.12. The van der Waals surface area contributed by atoms with E-state index in [0.717, 1.165) is 29.0 Å². The van der Waals surface area contributed by atoms with Crippen LogP contribution < -0.4 is 9.47 Å². The maximum absolute atomic E-state index is 12.2. The second kappa shape index (κ2) is 9.51. The van der Waals surface area contributed by atoms with Gasteiger partial charge in [-0.15, -0.1) is 0 Å². The van der Waals surface area contributed by atoms with E-state index < -0.39 is 0 Å². The molecule has 0 saturated heterocycles. The smallest absolute Gasteiger partial charge is 0.185 e. The van der Waals surface area contributed by atoms with Crippen molar-refractivity contribution in [1.29, 1.82) is 0 Å². The van der Waals surface area contributed by atoms with Gasteiger partial charge in [0.05, 0.1) is 6.61 Å². The SMILES string of the molecule is C=CC(=O)c1c(C)cccc1COc1cccc(OCCc2ccccn2)c1. The van der Waals surface area contributed by atoms with Crippen molar-refractivity contribution in [3.63, 3.8) is 0 Å². The summed E-state index contributed by atoms with van der Waals surface area (Å²) in [6.07, 6.45) is 3.85. The zero-order chi connectivity index (χ0) is 19.8. The van der Waals surface area contributed by atoms with Gasteiger partial charge in [-0.25, -0.2) is 0 Å². The van der Waals surface area contributed by atoms with Crippen LogP contribution in [0.15, 0.2) is 79.5 Å². The van der Waals surface area contributed by atoms with E-state index in [2.05, 4.69) is 11.6 Å². The first kappa shape index (κ1) is 19.4. The van der Waals surface area contributed by atoms with Crippen LogP contribution in [0.4, 0.5) is 0 Å². The number of allylic oxidation sites excluding steroid dienone is 1. The van der Waals surface area contributed by atoms with E-state index in [9.17, 15) is 4.79 Å². The first-order chi connectivity index (χ1) is 13.7. The van der Waals surface area contributed by atoms with Gasteiger partial charge >= 0.3 is 0 Å². The maximum atomic E-state index is 12.2. The van der Waals surface area contributed by atoms with Crippen molar-refractivity contribution < 1.29 is 14.3 Å². The summed E-state index contributed by atoms with van der Waals surface area (Å²) in [5.41, 5.74) is 3.40. The molecule has 0 atom stereocenters. The average Bonchev–Trinajstić information content (AvgIpc) is 2.73. The fourth-order valence-electron chi connectivity index (χ4n) is 2.94. The molecule has 0 unspecified atom stereocenters. The number of hydrogen-bond acceptors (Lipinski definition) is 4. The van der Waals surface area contributed by atoms with Gasteiger partial charge in [-0.3, -0.25) is 9.78 Å². The number of rotatable bonds is 9. The third-order valence-electron chi connectivity index (χ3n) is 4.34. The summed E-state index contributed by atoms with van der Waals surface area (Å²) in [7, 11) is 0. The summed E-state index contributed by atoms with van der Waals surface area (Å²) in [6, 6.07) is 19.1. The van der Waals surface area contributed by atoms with Crippen molar-refractivity contribution in [2.24, 2.45) is 0 Å². The quantitative estimate of drug-likeness (QED) is 0.393. The zero-order valence-corrected chi connectivity index (χ0v) is 15.9. The van der Waals surface area contributed by atoms with Crippen molar-refractivity contribution in [2.45, 2.75) is 20.0 Å². The fraction of sp³-hybridized carbons (Fsp3) is 0.167. The average molecular weight is 373 g/mol. The number of ketones is 1. The number of ether oxygens (including phenoxy) is 2. The number of hydrogen-bond donors (Lipinski definition) is 0. The number of aromatic nitrogens is 1. The van der Waals surface area contributed by atoms with Gasteiger partial charge in [0.2, 0.25) is 0 Å². The molecule has 0 N–H and O–H groups in total. The maximum Gasteiger partial charge on any atom is 0.185 e. The molecule has 0 bridgehead atoms. The van der Waals surface area contributed by atoms with Crippen molar-refractivity contribution >= 4 is 5.78 Å². The van der Waals surface area contributed by atoms with Crippen LogP contribution in [0.3, 0.4) is 0 Å². The minimum absolute atomic E-state index is 0.0942. The Kier molecular flexibility index (Phi) is 6.58. The van der Waals surface area contributed by atoms with E-state index in [4.69, 9.17) is 9.47 Å². The summed E-state index contributed by atoms with van der Waals surface area (Å²) in [4.78, 5) is 16.4. The van der Waals surface area contributed by atoms with Crippen molar-refractivity contribution in [3.8, 4) is 11.5 Å². The van der Waals surface area contributed by atoms with Gasteiger partial charge in [0.15, 0.2) is 5.78 Å². The third-order valence-corrected chi connectivity index (χ3v) is 4.34. The first-order valence-corrected chi connectivity index (χ1v) is 9.18. The lowest BCUT2D eigenvalue weighted by Crippen LogP contribution is -2.07. The summed E-state index contributed by atoms with van der Waals surface area (Å²) < 4.78 is 11.7. The molecular formula is C24H23NO3. The van der Waals surface area contributed by atoms with Crippen LogP contribution >= 0.6 is 0 Å². The zero-order valence-electron chi connectivity index (χ0n) is 15.9. The third kappa shape index (κ3) is 5.07. The number of carbonyl (C=O) groups is 1. The lowest BCUT2D eigenvalue weighted by molar-refractivity contribution is 0.104. The Morgan fingerprint density at radius 3 is 2.57 bits per heavy atom. The van der Waals surface area contributed by atoms with Gasteiger partial charge in [-0.05, 0) is 42.8 Å². The molecule has 3 rings (SSSR count). The van der Waals surface area contributed by atoms with E-state index in [-0.39, 0.29) is 5.78 Å².